The van der Waals surface area contributed by atoms with Gasteiger partial charge in [-0.1, -0.05) is 35.5 Å². The SMILES string of the molecule is COCc1cc(C(=O)NC[C@@H]2CCO[C@H]2c2ccccc2)no1. The highest BCUT2D eigenvalue weighted by atomic mass is 16.5. The van der Waals surface area contributed by atoms with E-state index in [1.165, 1.54) is 0 Å². The zero-order valence-corrected chi connectivity index (χ0v) is 13.0. The van der Waals surface area contributed by atoms with Crippen molar-refractivity contribution >= 4 is 5.91 Å². The molecule has 1 aliphatic rings. The number of nitrogens with one attached hydrogen (secondary N) is 1. The number of carbonyl (C=O) groups is 1. The molecule has 0 saturated carbocycles. The third kappa shape index (κ3) is 3.78. The molecule has 0 bridgehead atoms. The summed E-state index contributed by atoms with van der Waals surface area (Å²) in [5.74, 6) is 0.547. The van der Waals surface area contributed by atoms with E-state index in [2.05, 4.69) is 22.6 Å². The van der Waals surface area contributed by atoms with E-state index in [0.717, 1.165) is 12.0 Å². The largest absolute Gasteiger partial charge is 0.377 e. The van der Waals surface area contributed by atoms with Gasteiger partial charge in [-0.3, -0.25) is 4.79 Å². The molecule has 1 N–H and O–H groups in total. The predicted molar refractivity (Wildman–Crippen MR) is 82.8 cm³/mol. The molecular weight excluding hydrogens is 296 g/mol. The van der Waals surface area contributed by atoms with Crippen LogP contribution in [0.3, 0.4) is 0 Å². The van der Waals surface area contributed by atoms with Crippen LogP contribution in [-0.4, -0.2) is 31.3 Å². The molecule has 1 amide bonds. The van der Waals surface area contributed by atoms with Gasteiger partial charge in [-0.25, -0.2) is 0 Å². The lowest BCUT2D eigenvalue weighted by Gasteiger charge is -2.19. The van der Waals surface area contributed by atoms with Crippen LogP contribution in [0, 0.1) is 5.92 Å². The van der Waals surface area contributed by atoms with E-state index in [-0.39, 0.29) is 23.6 Å². The first-order valence-corrected chi connectivity index (χ1v) is 7.67. The fraction of sp³-hybridized carbons (Fsp3) is 0.412. The first-order chi connectivity index (χ1) is 11.3. The number of carbonyl (C=O) groups excluding carboxylic acids is 1. The average Bonchev–Trinajstić information content (AvgIpc) is 3.23. The van der Waals surface area contributed by atoms with E-state index >= 15 is 0 Å². The molecule has 0 radical (unpaired) electrons. The molecular formula is C17H20N2O4. The maximum Gasteiger partial charge on any atom is 0.273 e. The van der Waals surface area contributed by atoms with Gasteiger partial charge in [0.25, 0.3) is 5.91 Å². The topological polar surface area (TPSA) is 73.6 Å². The predicted octanol–water partition coefficient (Wildman–Crippen LogP) is 2.33. The Morgan fingerprint density at radius 2 is 2.22 bits per heavy atom. The maximum atomic E-state index is 12.1. The van der Waals surface area contributed by atoms with Crippen molar-refractivity contribution < 1.29 is 18.8 Å². The van der Waals surface area contributed by atoms with Gasteiger partial charge in [0.05, 0.1) is 6.10 Å². The summed E-state index contributed by atoms with van der Waals surface area (Å²) < 4.78 is 15.8. The maximum absolute atomic E-state index is 12.1. The second-order valence-electron chi connectivity index (χ2n) is 5.57. The lowest BCUT2D eigenvalue weighted by molar-refractivity contribution is 0.0842. The molecule has 23 heavy (non-hydrogen) atoms. The van der Waals surface area contributed by atoms with Crippen LogP contribution in [0.2, 0.25) is 0 Å². The summed E-state index contributed by atoms with van der Waals surface area (Å²) in [5.41, 5.74) is 1.42. The number of nitrogens with zero attached hydrogens (tertiary/aromatic N) is 1. The Balaban J connectivity index is 1.57. The molecule has 1 saturated heterocycles. The molecule has 3 rings (SSSR count). The fourth-order valence-electron chi connectivity index (χ4n) is 2.80. The van der Waals surface area contributed by atoms with Gasteiger partial charge in [-0.05, 0) is 12.0 Å². The summed E-state index contributed by atoms with van der Waals surface area (Å²) in [7, 11) is 1.56. The molecule has 1 aromatic heterocycles. The van der Waals surface area contributed by atoms with E-state index in [4.69, 9.17) is 14.0 Å². The second kappa shape index (κ2) is 7.39. The van der Waals surface area contributed by atoms with E-state index in [0.29, 0.717) is 25.5 Å². The molecule has 2 atom stereocenters. The van der Waals surface area contributed by atoms with Gasteiger partial charge in [0.1, 0.15) is 6.61 Å². The fourth-order valence-corrected chi connectivity index (χ4v) is 2.80. The zero-order chi connectivity index (χ0) is 16.1. The van der Waals surface area contributed by atoms with Crippen molar-refractivity contribution in [1.82, 2.24) is 10.5 Å². The molecule has 6 heteroatoms. The van der Waals surface area contributed by atoms with Crippen LogP contribution in [-0.2, 0) is 16.1 Å². The average molecular weight is 316 g/mol. The number of methoxy groups -OCH3 is 1. The van der Waals surface area contributed by atoms with Crippen molar-refractivity contribution in [3.05, 3.63) is 53.4 Å². The van der Waals surface area contributed by atoms with Gasteiger partial charge in [0, 0.05) is 32.2 Å². The van der Waals surface area contributed by atoms with Gasteiger partial charge in [0.2, 0.25) is 0 Å². The molecule has 0 unspecified atom stereocenters. The summed E-state index contributed by atoms with van der Waals surface area (Å²) in [6.45, 7) is 1.56. The van der Waals surface area contributed by atoms with Crippen molar-refractivity contribution in [3.63, 3.8) is 0 Å². The Morgan fingerprint density at radius 3 is 3.00 bits per heavy atom. The molecule has 2 heterocycles. The number of hydrogen-bond acceptors (Lipinski definition) is 5. The zero-order valence-electron chi connectivity index (χ0n) is 13.0. The molecule has 0 spiro atoms. The number of benzene rings is 1. The first-order valence-electron chi connectivity index (χ1n) is 7.67. The number of hydrogen-bond donors (Lipinski definition) is 1. The highest BCUT2D eigenvalue weighted by molar-refractivity contribution is 5.92. The molecule has 122 valence electrons. The Kier molecular flexibility index (Phi) is 5.05. The quantitative estimate of drug-likeness (QED) is 0.885. The van der Waals surface area contributed by atoms with Gasteiger partial charge < -0.3 is 19.3 Å². The van der Waals surface area contributed by atoms with Gasteiger partial charge in [-0.15, -0.1) is 0 Å². The number of amides is 1. The lowest BCUT2D eigenvalue weighted by Crippen LogP contribution is -2.30. The van der Waals surface area contributed by atoms with E-state index in [1.807, 2.05) is 18.2 Å². The second-order valence-corrected chi connectivity index (χ2v) is 5.57. The first kappa shape index (κ1) is 15.7. The Bertz CT molecular complexity index is 641. The summed E-state index contributed by atoms with van der Waals surface area (Å²) in [6.07, 6.45) is 0.950. The van der Waals surface area contributed by atoms with Crippen molar-refractivity contribution in [2.75, 3.05) is 20.3 Å². The molecule has 6 nitrogen and oxygen atoms in total. The molecule has 1 aromatic carbocycles. The third-order valence-corrected chi connectivity index (χ3v) is 3.95. The van der Waals surface area contributed by atoms with Crippen LogP contribution in [0.4, 0.5) is 0 Å². The van der Waals surface area contributed by atoms with Crippen LogP contribution in [0.15, 0.2) is 40.9 Å². The normalized spacial score (nSPS) is 20.6. The Hall–Kier alpha value is -2.18. The van der Waals surface area contributed by atoms with Crippen molar-refractivity contribution in [2.24, 2.45) is 5.92 Å². The monoisotopic (exact) mass is 316 g/mol. The van der Waals surface area contributed by atoms with Crippen LogP contribution in [0.1, 0.15) is 34.3 Å². The molecule has 0 aliphatic carbocycles. The third-order valence-electron chi connectivity index (χ3n) is 3.95. The van der Waals surface area contributed by atoms with Gasteiger partial charge in [0.15, 0.2) is 11.5 Å². The van der Waals surface area contributed by atoms with Crippen LogP contribution < -0.4 is 5.32 Å². The van der Waals surface area contributed by atoms with Gasteiger partial charge in [-0.2, -0.15) is 0 Å². The van der Waals surface area contributed by atoms with Crippen LogP contribution in [0.5, 0.6) is 0 Å². The standard InChI is InChI=1S/C17H20N2O4/c1-21-11-14-9-15(19-23-14)17(20)18-10-13-7-8-22-16(13)12-5-3-2-4-6-12/h2-6,9,13,16H,7-8,10-11H2,1H3,(H,18,20)/t13-,16-/m0/s1. The Labute approximate surface area is 134 Å². The summed E-state index contributed by atoms with van der Waals surface area (Å²) in [4.78, 5) is 12.1. The lowest BCUT2D eigenvalue weighted by atomic mass is 9.95. The number of rotatable bonds is 6. The van der Waals surface area contributed by atoms with Crippen LogP contribution in [0.25, 0.3) is 0 Å². The van der Waals surface area contributed by atoms with Crippen molar-refractivity contribution in [3.8, 4) is 0 Å². The van der Waals surface area contributed by atoms with E-state index in [9.17, 15) is 4.79 Å². The molecule has 1 fully saturated rings. The number of ether oxygens (including phenoxy) is 2. The Morgan fingerprint density at radius 1 is 1.39 bits per heavy atom. The minimum Gasteiger partial charge on any atom is -0.377 e. The summed E-state index contributed by atoms with van der Waals surface area (Å²) >= 11 is 0. The smallest absolute Gasteiger partial charge is 0.273 e. The van der Waals surface area contributed by atoms with Crippen LogP contribution >= 0.6 is 0 Å². The molecule has 1 aliphatic heterocycles. The molecule has 2 aromatic rings. The summed E-state index contributed by atoms with van der Waals surface area (Å²) in [6, 6.07) is 11.7. The summed E-state index contributed by atoms with van der Waals surface area (Å²) in [5, 5.41) is 6.67. The van der Waals surface area contributed by atoms with E-state index in [1.54, 1.807) is 13.2 Å². The van der Waals surface area contributed by atoms with Gasteiger partial charge >= 0.3 is 0 Å². The van der Waals surface area contributed by atoms with Crippen molar-refractivity contribution in [1.29, 1.82) is 0 Å². The highest BCUT2D eigenvalue weighted by Crippen LogP contribution is 2.33. The number of aromatic nitrogens is 1. The van der Waals surface area contributed by atoms with Crippen molar-refractivity contribution in [2.45, 2.75) is 19.1 Å². The minimum absolute atomic E-state index is 0.0258. The highest BCUT2D eigenvalue weighted by Gasteiger charge is 2.30. The van der Waals surface area contributed by atoms with E-state index < -0.39 is 0 Å². The minimum atomic E-state index is -0.241.